The molecule has 0 aliphatic rings. The molecule has 9 rings (SSSR count). The molecular formula is C41H26N2O. The van der Waals surface area contributed by atoms with Crippen molar-refractivity contribution >= 4 is 43.7 Å². The fourth-order valence-corrected chi connectivity index (χ4v) is 6.51. The summed E-state index contributed by atoms with van der Waals surface area (Å²) in [5, 5.41) is 4.58. The molecule has 2 heterocycles. The molecule has 2 aromatic heterocycles. The summed E-state index contributed by atoms with van der Waals surface area (Å²) in [7, 11) is 0. The number of benzene rings is 7. The lowest BCUT2D eigenvalue weighted by atomic mass is 9.95. The van der Waals surface area contributed by atoms with Gasteiger partial charge in [-0.2, -0.15) is 0 Å². The highest BCUT2D eigenvalue weighted by molar-refractivity contribution is 6.19. The van der Waals surface area contributed by atoms with Gasteiger partial charge in [0.25, 0.3) is 0 Å². The molecule has 0 saturated heterocycles. The third-order valence-corrected chi connectivity index (χ3v) is 8.61. The minimum atomic E-state index is 0.913. The van der Waals surface area contributed by atoms with Crippen molar-refractivity contribution < 1.29 is 4.42 Å². The molecule has 206 valence electrons. The van der Waals surface area contributed by atoms with Gasteiger partial charge in [-0.1, -0.05) is 121 Å². The Kier molecular flexibility index (Phi) is 5.50. The molecule has 3 nitrogen and oxygen atoms in total. The fourth-order valence-electron chi connectivity index (χ4n) is 6.51. The molecule has 9 aromatic rings. The first-order valence-electron chi connectivity index (χ1n) is 14.9. The molecule has 0 radical (unpaired) electrons. The minimum absolute atomic E-state index is 0.913. The van der Waals surface area contributed by atoms with E-state index in [9.17, 15) is 0 Å². The van der Waals surface area contributed by atoms with Crippen molar-refractivity contribution in [2.45, 2.75) is 0 Å². The van der Waals surface area contributed by atoms with Gasteiger partial charge in [0.1, 0.15) is 17.0 Å². The van der Waals surface area contributed by atoms with Gasteiger partial charge in [0, 0.05) is 27.4 Å². The largest absolute Gasteiger partial charge is 0.455 e. The first-order valence-corrected chi connectivity index (χ1v) is 14.9. The molecule has 0 spiro atoms. The fraction of sp³-hybridized carbons (Fsp3) is 0. The van der Waals surface area contributed by atoms with Gasteiger partial charge in [0.2, 0.25) is 0 Å². The molecule has 0 atom stereocenters. The Bertz CT molecular complexity index is 2470. The molecule has 0 unspecified atom stereocenters. The number of fused-ring (bicyclic) bond motifs is 6. The molecule has 0 aliphatic carbocycles. The van der Waals surface area contributed by atoms with Crippen molar-refractivity contribution in [2.24, 2.45) is 0 Å². The second-order valence-electron chi connectivity index (χ2n) is 11.2. The highest BCUT2D eigenvalue weighted by Gasteiger charge is 2.17. The maximum atomic E-state index is 6.35. The van der Waals surface area contributed by atoms with Gasteiger partial charge in [-0.15, -0.1) is 0 Å². The molecule has 0 fully saturated rings. The van der Waals surface area contributed by atoms with E-state index in [2.05, 4.69) is 138 Å². The van der Waals surface area contributed by atoms with Gasteiger partial charge in [-0.3, -0.25) is 4.57 Å². The standard InChI is InChI=1S/C41H26N2O/c1-3-11-27(12-4-1)30-21-24-38-37(25-30)42-41(29-13-5-2-6-14-29)43(38)31-22-19-28(20-23-31)35-26-36-33-16-9-10-18-39(33)44-40(36)34-17-8-7-15-32(34)35/h1-26H. The Balaban J connectivity index is 1.22. The number of aromatic nitrogens is 2. The summed E-state index contributed by atoms with van der Waals surface area (Å²) in [6.45, 7) is 0. The molecule has 0 bridgehead atoms. The Labute approximate surface area is 254 Å². The molecule has 3 heteroatoms. The first-order chi connectivity index (χ1) is 21.8. The molecule has 0 aliphatic heterocycles. The smallest absolute Gasteiger partial charge is 0.145 e. The summed E-state index contributed by atoms with van der Waals surface area (Å²) in [5.74, 6) is 0.926. The average molecular weight is 563 g/mol. The Morgan fingerprint density at radius 3 is 1.86 bits per heavy atom. The van der Waals surface area contributed by atoms with E-state index < -0.39 is 0 Å². The number of para-hydroxylation sites is 1. The molecular weight excluding hydrogens is 536 g/mol. The van der Waals surface area contributed by atoms with Crippen LogP contribution < -0.4 is 0 Å². The second kappa shape index (κ2) is 9.82. The minimum Gasteiger partial charge on any atom is -0.455 e. The van der Waals surface area contributed by atoms with Crippen LogP contribution in [0, 0.1) is 0 Å². The van der Waals surface area contributed by atoms with Crippen LogP contribution in [-0.4, -0.2) is 9.55 Å². The molecule has 44 heavy (non-hydrogen) atoms. The molecule has 0 amide bonds. The zero-order valence-corrected chi connectivity index (χ0v) is 23.8. The van der Waals surface area contributed by atoms with Gasteiger partial charge >= 0.3 is 0 Å². The quantitative estimate of drug-likeness (QED) is 0.214. The Hall–Kier alpha value is -5.93. The van der Waals surface area contributed by atoms with Gasteiger partial charge in [0.05, 0.1) is 11.0 Å². The number of furan rings is 1. The first kappa shape index (κ1) is 24.6. The van der Waals surface area contributed by atoms with E-state index in [1.807, 2.05) is 24.3 Å². The summed E-state index contributed by atoms with van der Waals surface area (Å²) >= 11 is 0. The van der Waals surface area contributed by atoms with Crippen molar-refractivity contribution in [3.8, 4) is 39.3 Å². The van der Waals surface area contributed by atoms with Crippen LogP contribution in [0.25, 0.3) is 83.1 Å². The third-order valence-electron chi connectivity index (χ3n) is 8.61. The van der Waals surface area contributed by atoms with Crippen LogP contribution >= 0.6 is 0 Å². The second-order valence-corrected chi connectivity index (χ2v) is 11.2. The predicted molar refractivity (Wildman–Crippen MR) is 182 cm³/mol. The maximum absolute atomic E-state index is 6.35. The van der Waals surface area contributed by atoms with Crippen molar-refractivity contribution in [1.82, 2.24) is 9.55 Å². The van der Waals surface area contributed by atoms with Gasteiger partial charge in [-0.05, 0) is 64.0 Å². The number of hydrogen-bond donors (Lipinski definition) is 0. The summed E-state index contributed by atoms with van der Waals surface area (Å²) in [6.07, 6.45) is 0. The van der Waals surface area contributed by atoms with E-state index in [4.69, 9.17) is 9.40 Å². The van der Waals surface area contributed by atoms with E-state index in [0.29, 0.717) is 0 Å². The predicted octanol–water partition coefficient (Wildman–Crippen LogP) is 11.1. The van der Waals surface area contributed by atoms with Gasteiger partial charge < -0.3 is 4.42 Å². The van der Waals surface area contributed by atoms with E-state index in [-0.39, 0.29) is 0 Å². The number of hydrogen-bond acceptors (Lipinski definition) is 2. The lowest BCUT2D eigenvalue weighted by Crippen LogP contribution is -1.97. The lowest BCUT2D eigenvalue weighted by Gasteiger charge is -2.12. The van der Waals surface area contributed by atoms with E-state index in [0.717, 1.165) is 66.6 Å². The van der Waals surface area contributed by atoms with E-state index in [1.165, 1.54) is 16.5 Å². The number of rotatable bonds is 4. The van der Waals surface area contributed by atoms with Crippen molar-refractivity contribution in [2.75, 3.05) is 0 Å². The van der Waals surface area contributed by atoms with Crippen LogP contribution in [-0.2, 0) is 0 Å². The summed E-state index contributed by atoms with van der Waals surface area (Å²) in [4.78, 5) is 5.18. The third kappa shape index (κ3) is 3.87. The van der Waals surface area contributed by atoms with Crippen LogP contribution in [0.1, 0.15) is 0 Å². The van der Waals surface area contributed by atoms with Crippen LogP contribution in [0.3, 0.4) is 0 Å². The van der Waals surface area contributed by atoms with E-state index >= 15 is 0 Å². The van der Waals surface area contributed by atoms with Crippen LogP contribution in [0.2, 0.25) is 0 Å². The van der Waals surface area contributed by atoms with Crippen LogP contribution in [0.15, 0.2) is 162 Å². The summed E-state index contributed by atoms with van der Waals surface area (Å²) < 4.78 is 8.62. The van der Waals surface area contributed by atoms with Crippen LogP contribution in [0.4, 0.5) is 0 Å². The number of imidazole rings is 1. The van der Waals surface area contributed by atoms with Crippen LogP contribution in [0.5, 0.6) is 0 Å². The van der Waals surface area contributed by atoms with Crippen molar-refractivity contribution in [3.05, 3.63) is 158 Å². The zero-order chi connectivity index (χ0) is 29.0. The van der Waals surface area contributed by atoms with Gasteiger partial charge in [-0.25, -0.2) is 4.98 Å². The zero-order valence-electron chi connectivity index (χ0n) is 23.8. The summed E-state index contributed by atoms with van der Waals surface area (Å²) in [6, 6.07) is 55.4. The SMILES string of the molecule is c1ccc(-c2ccc3c(c2)nc(-c2ccccc2)n3-c2ccc(-c3cc4c5ccccc5oc4c4ccccc34)cc2)cc1. The lowest BCUT2D eigenvalue weighted by molar-refractivity contribution is 0.672. The highest BCUT2D eigenvalue weighted by atomic mass is 16.3. The Morgan fingerprint density at radius 2 is 1.09 bits per heavy atom. The molecule has 0 saturated carbocycles. The van der Waals surface area contributed by atoms with Crippen molar-refractivity contribution in [3.63, 3.8) is 0 Å². The van der Waals surface area contributed by atoms with Gasteiger partial charge in [0.15, 0.2) is 0 Å². The molecule has 7 aromatic carbocycles. The Morgan fingerprint density at radius 1 is 0.455 bits per heavy atom. The number of nitrogens with zero attached hydrogens (tertiary/aromatic N) is 2. The maximum Gasteiger partial charge on any atom is 0.145 e. The summed E-state index contributed by atoms with van der Waals surface area (Å²) in [5.41, 5.74) is 10.7. The monoisotopic (exact) mass is 562 g/mol. The average Bonchev–Trinajstić information content (AvgIpc) is 3.67. The normalized spacial score (nSPS) is 11.6. The van der Waals surface area contributed by atoms with E-state index in [1.54, 1.807) is 0 Å². The highest BCUT2D eigenvalue weighted by Crippen LogP contribution is 2.40. The van der Waals surface area contributed by atoms with Crippen molar-refractivity contribution in [1.29, 1.82) is 0 Å². The molecule has 0 N–H and O–H groups in total. The topological polar surface area (TPSA) is 31.0 Å².